The number of ether oxygens (including phenoxy) is 1. The molecule has 2 aliphatic carbocycles. The van der Waals surface area contributed by atoms with Crippen LogP contribution in [0.4, 0.5) is 0 Å². The molecule has 0 amide bonds. The zero-order valence-corrected chi connectivity index (χ0v) is 16.1. The largest absolute Gasteiger partial charge is 0.470 e. The molecular formula is C21H29N3O2. The predicted molar refractivity (Wildman–Crippen MR) is 101 cm³/mol. The van der Waals surface area contributed by atoms with Gasteiger partial charge in [0.25, 0.3) is 0 Å². The summed E-state index contributed by atoms with van der Waals surface area (Å²) in [4.78, 5) is 17.0. The van der Waals surface area contributed by atoms with E-state index in [9.17, 15) is 4.79 Å². The quantitative estimate of drug-likeness (QED) is 0.742. The molecule has 0 spiro atoms. The van der Waals surface area contributed by atoms with E-state index in [4.69, 9.17) is 4.74 Å². The maximum Gasteiger partial charge on any atom is 0.215 e. The first kappa shape index (κ1) is 17.5. The highest BCUT2D eigenvalue weighted by molar-refractivity contribution is 5.84. The second-order valence-electron chi connectivity index (χ2n) is 8.31. The summed E-state index contributed by atoms with van der Waals surface area (Å²) in [5.41, 5.74) is 3.15. The fourth-order valence-corrected chi connectivity index (χ4v) is 4.42. The SMILES string of the molecule is Cc1cc(OCC(=O)C[C@@H](C)C2CCCC2)nc2c1c(C1CC1)nn2C. The van der Waals surface area contributed by atoms with Crippen LogP contribution in [0.3, 0.4) is 0 Å². The molecule has 140 valence electrons. The van der Waals surface area contributed by atoms with Crippen molar-refractivity contribution in [1.29, 1.82) is 0 Å². The number of aryl methyl sites for hydroxylation is 2. The molecule has 0 saturated heterocycles. The lowest BCUT2D eigenvalue weighted by atomic mass is 9.88. The third kappa shape index (κ3) is 3.49. The van der Waals surface area contributed by atoms with Crippen LogP contribution in [-0.4, -0.2) is 27.2 Å². The van der Waals surface area contributed by atoms with Crippen LogP contribution in [0.1, 0.15) is 69.0 Å². The first-order chi connectivity index (χ1) is 12.5. The van der Waals surface area contributed by atoms with E-state index in [1.807, 2.05) is 17.8 Å². The lowest BCUT2D eigenvalue weighted by molar-refractivity contribution is -0.122. The van der Waals surface area contributed by atoms with Crippen LogP contribution in [0, 0.1) is 18.8 Å². The summed E-state index contributed by atoms with van der Waals surface area (Å²) >= 11 is 0. The summed E-state index contributed by atoms with van der Waals surface area (Å²) in [7, 11) is 1.93. The number of pyridine rings is 1. The van der Waals surface area contributed by atoms with Crippen LogP contribution in [-0.2, 0) is 11.8 Å². The van der Waals surface area contributed by atoms with Crippen molar-refractivity contribution in [3.63, 3.8) is 0 Å². The van der Waals surface area contributed by atoms with Crippen molar-refractivity contribution in [2.75, 3.05) is 6.61 Å². The highest BCUT2D eigenvalue weighted by Crippen LogP contribution is 2.43. The lowest BCUT2D eigenvalue weighted by Gasteiger charge is -2.17. The van der Waals surface area contributed by atoms with Gasteiger partial charge in [-0.3, -0.25) is 9.48 Å². The third-order valence-electron chi connectivity index (χ3n) is 6.09. The Bertz CT molecular complexity index is 816. The van der Waals surface area contributed by atoms with Gasteiger partial charge in [-0.2, -0.15) is 10.1 Å². The fraction of sp³-hybridized carbons (Fsp3) is 0.667. The minimum atomic E-state index is 0.113. The monoisotopic (exact) mass is 355 g/mol. The highest BCUT2D eigenvalue weighted by atomic mass is 16.5. The zero-order valence-electron chi connectivity index (χ0n) is 16.1. The Morgan fingerprint density at radius 3 is 2.73 bits per heavy atom. The number of Topliss-reactive ketones (excluding diaryl/α,β-unsaturated/α-hetero) is 1. The number of hydrogen-bond donors (Lipinski definition) is 0. The average Bonchev–Trinajstić information content (AvgIpc) is 3.18. The summed E-state index contributed by atoms with van der Waals surface area (Å²) in [5.74, 6) is 2.47. The van der Waals surface area contributed by atoms with Crippen molar-refractivity contribution in [2.45, 2.75) is 64.7 Å². The minimum Gasteiger partial charge on any atom is -0.470 e. The Kier molecular flexibility index (Phi) is 4.72. The molecule has 0 N–H and O–H groups in total. The van der Waals surface area contributed by atoms with E-state index < -0.39 is 0 Å². The van der Waals surface area contributed by atoms with Gasteiger partial charge in [-0.25, -0.2) is 0 Å². The molecule has 0 aliphatic heterocycles. The molecule has 0 aromatic carbocycles. The molecule has 0 bridgehead atoms. The number of carbonyl (C=O) groups excluding carboxylic acids is 1. The molecule has 4 rings (SSSR count). The van der Waals surface area contributed by atoms with Crippen molar-refractivity contribution >= 4 is 16.8 Å². The van der Waals surface area contributed by atoms with Gasteiger partial charge in [-0.1, -0.05) is 32.6 Å². The summed E-state index contributed by atoms with van der Waals surface area (Å²) in [6, 6.07) is 1.95. The Morgan fingerprint density at radius 1 is 1.31 bits per heavy atom. The number of aromatic nitrogens is 3. The van der Waals surface area contributed by atoms with Gasteiger partial charge in [0.1, 0.15) is 6.61 Å². The van der Waals surface area contributed by atoms with E-state index in [1.54, 1.807) is 0 Å². The molecule has 2 aliphatic rings. The maximum atomic E-state index is 12.3. The van der Waals surface area contributed by atoms with Gasteiger partial charge in [0.2, 0.25) is 5.88 Å². The van der Waals surface area contributed by atoms with E-state index in [1.165, 1.54) is 44.2 Å². The molecule has 2 fully saturated rings. The van der Waals surface area contributed by atoms with Crippen LogP contribution in [0.5, 0.6) is 5.88 Å². The zero-order chi connectivity index (χ0) is 18.3. The van der Waals surface area contributed by atoms with Gasteiger partial charge in [0.15, 0.2) is 11.4 Å². The number of fused-ring (bicyclic) bond motifs is 1. The molecule has 2 aromatic rings. The third-order valence-corrected chi connectivity index (χ3v) is 6.09. The molecule has 0 radical (unpaired) electrons. The molecule has 2 heterocycles. The van der Waals surface area contributed by atoms with Crippen molar-refractivity contribution in [1.82, 2.24) is 14.8 Å². The summed E-state index contributed by atoms with van der Waals surface area (Å²) in [6.45, 7) is 4.40. The molecule has 26 heavy (non-hydrogen) atoms. The molecular weight excluding hydrogens is 326 g/mol. The van der Waals surface area contributed by atoms with E-state index in [2.05, 4.69) is 23.9 Å². The van der Waals surface area contributed by atoms with Crippen LogP contribution in [0.2, 0.25) is 0 Å². The van der Waals surface area contributed by atoms with Crippen molar-refractivity contribution in [3.8, 4) is 5.88 Å². The Balaban J connectivity index is 1.42. The van der Waals surface area contributed by atoms with Gasteiger partial charge in [-0.05, 0) is 37.2 Å². The summed E-state index contributed by atoms with van der Waals surface area (Å²) < 4.78 is 7.60. The van der Waals surface area contributed by atoms with Gasteiger partial charge in [0, 0.05) is 30.8 Å². The van der Waals surface area contributed by atoms with Crippen LogP contribution < -0.4 is 4.74 Å². The molecule has 5 nitrogen and oxygen atoms in total. The van der Waals surface area contributed by atoms with E-state index in [0.29, 0.717) is 30.1 Å². The highest BCUT2D eigenvalue weighted by Gasteiger charge is 2.30. The summed E-state index contributed by atoms with van der Waals surface area (Å²) in [6.07, 6.45) is 8.23. The second kappa shape index (κ2) is 7.01. The summed E-state index contributed by atoms with van der Waals surface area (Å²) in [5, 5.41) is 5.82. The average molecular weight is 355 g/mol. The molecule has 2 aromatic heterocycles. The molecule has 5 heteroatoms. The number of carbonyl (C=O) groups is 1. The van der Waals surface area contributed by atoms with Crippen molar-refractivity contribution in [3.05, 3.63) is 17.3 Å². The first-order valence-corrected chi connectivity index (χ1v) is 10.0. The van der Waals surface area contributed by atoms with E-state index in [-0.39, 0.29) is 12.4 Å². The second-order valence-corrected chi connectivity index (χ2v) is 8.31. The van der Waals surface area contributed by atoms with Gasteiger partial charge in [-0.15, -0.1) is 0 Å². The van der Waals surface area contributed by atoms with Crippen molar-refractivity contribution in [2.24, 2.45) is 18.9 Å². The standard InChI is InChI=1S/C21H29N3O2/c1-13(15-6-4-5-7-15)10-17(25)12-26-18-11-14(2)19-20(16-8-9-16)23-24(3)21(19)22-18/h11,13,15-16H,4-10,12H2,1-3H3/t13-/m1/s1. The number of ketones is 1. The van der Waals surface area contributed by atoms with Gasteiger partial charge in [0.05, 0.1) is 5.69 Å². The fourth-order valence-electron chi connectivity index (χ4n) is 4.42. The predicted octanol–water partition coefficient (Wildman–Crippen LogP) is 4.32. The maximum absolute atomic E-state index is 12.3. The van der Waals surface area contributed by atoms with Crippen LogP contribution in [0.25, 0.3) is 11.0 Å². The Morgan fingerprint density at radius 2 is 2.04 bits per heavy atom. The van der Waals surface area contributed by atoms with Crippen LogP contribution >= 0.6 is 0 Å². The minimum absolute atomic E-state index is 0.113. The Hall–Kier alpha value is -1.91. The number of nitrogens with zero attached hydrogens (tertiary/aromatic N) is 3. The smallest absolute Gasteiger partial charge is 0.215 e. The normalized spacial score (nSPS) is 19.2. The molecule has 2 saturated carbocycles. The lowest BCUT2D eigenvalue weighted by Crippen LogP contribution is -2.18. The van der Waals surface area contributed by atoms with Crippen LogP contribution in [0.15, 0.2) is 6.07 Å². The number of hydrogen-bond acceptors (Lipinski definition) is 4. The van der Waals surface area contributed by atoms with E-state index in [0.717, 1.165) is 16.6 Å². The van der Waals surface area contributed by atoms with Gasteiger partial charge < -0.3 is 4.74 Å². The first-order valence-electron chi connectivity index (χ1n) is 10.0. The number of rotatable bonds is 7. The molecule has 0 unspecified atom stereocenters. The van der Waals surface area contributed by atoms with Gasteiger partial charge >= 0.3 is 0 Å². The van der Waals surface area contributed by atoms with Crippen molar-refractivity contribution < 1.29 is 9.53 Å². The topological polar surface area (TPSA) is 57.0 Å². The molecule has 1 atom stereocenters. The van der Waals surface area contributed by atoms with E-state index >= 15 is 0 Å². The Labute approximate surface area is 155 Å².